The third-order valence-electron chi connectivity index (χ3n) is 4.09. The molecule has 0 spiro atoms. The normalized spacial score (nSPS) is 15.7. The highest BCUT2D eigenvalue weighted by atomic mass is 32.2. The summed E-state index contributed by atoms with van der Waals surface area (Å²) >= 11 is 6.63. The number of furan rings is 1. The minimum absolute atomic E-state index is 0.131. The van der Waals surface area contributed by atoms with Gasteiger partial charge in [0.1, 0.15) is 21.7 Å². The van der Waals surface area contributed by atoms with Gasteiger partial charge >= 0.3 is 0 Å². The first-order chi connectivity index (χ1) is 13.1. The molecule has 0 N–H and O–H groups in total. The summed E-state index contributed by atoms with van der Waals surface area (Å²) in [7, 11) is 0. The summed E-state index contributed by atoms with van der Waals surface area (Å²) in [6.07, 6.45) is 1.69. The fourth-order valence-corrected chi connectivity index (χ4v) is 3.97. The summed E-state index contributed by atoms with van der Waals surface area (Å²) in [6.45, 7) is 0.446. The van der Waals surface area contributed by atoms with Gasteiger partial charge in [0.05, 0.1) is 11.4 Å². The van der Waals surface area contributed by atoms with Crippen LogP contribution >= 0.6 is 24.0 Å². The molecule has 1 aromatic heterocycles. The van der Waals surface area contributed by atoms with E-state index in [0.717, 1.165) is 11.1 Å². The maximum absolute atomic E-state index is 13.1. The van der Waals surface area contributed by atoms with E-state index in [4.69, 9.17) is 16.6 Å². The van der Waals surface area contributed by atoms with E-state index >= 15 is 0 Å². The lowest BCUT2D eigenvalue weighted by Gasteiger charge is -2.14. The molecule has 2 aromatic carbocycles. The number of carbonyl (C=O) groups is 1. The van der Waals surface area contributed by atoms with Gasteiger partial charge in [-0.25, -0.2) is 4.39 Å². The second kappa shape index (κ2) is 7.50. The van der Waals surface area contributed by atoms with E-state index in [2.05, 4.69) is 0 Å². The molecule has 6 heteroatoms. The highest BCUT2D eigenvalue weighted by Crippen LogP contribution is 2.34. The first-order valence-corrected chi connectivity index (χ1v) is 9.48. The molecule has 0 saturated carbocycles. The van der Waals surface area contributed by atoms with Crippen molar-refractivity contribution in [2.24, 2.45) is 0 Å². The number of hydrogen-bond donors (Lipinski definition) is 0. The lowest BCUT2D eigenvalue weighted by Crippen LogP contribution is -2.27. The zero-order valence-corrected chi connectivity index (χ0v) is 15.7. The Hall–Kier alpha value is -2.70. The molecule has 0 aliphatic carbocycles. The Morgan fingerprint density at radius 1 is 1.04 bits per heavy atom. The lowest BCUT2D eigenvalue weighted by atomic mass is 10.2. The quantitative estimate of drug-likeness (QED) is 0.432. The van der Waals surface area contributed by atoms with E-state index in [1.165, 1.54) is 23.9 Å². The van der Waals surface area contributed by atoms with Crippen molar-refractivity contribution in [3.8, 4) is 11.3 Å². The molecular formula is C21H14FNO2S2. The molecule has 3 aromatic rings. The van der Waals surface area contributed by atoms with E-state index in [0.29, 0.717) is 27.3 Å². The highest BCUT2D eigenvalue weighted by Gasteiger charge is 2.32. The Morgan fingerprint density at radius 3 is 2.52 bits per heavy atom. The highest BCUT2D eigenvalue weighted by molar-refractivity contribution is 8.26. The van der Waals surface area contributed by atoms with Crippen molar-refractivity contribution in [3.05, 3.63) is 88.8 Å². The van der Waals surface area contributed by atoms with Gasteiger partial charge in [0, 0.05) is 11.6 Å². The van der Waals surface area contributed by atoms with Crippen molar-refractivity contribution >= 4 is 40.3 Å². The molecule has 1 fully saturated rings. The van der Waals surface area contributed by atoms with Crippen LogP contribution in [0.4, 0.5) is 4.39 Å². The smallest absolute Gasteiger partial charge is 0.266 e. The summed E-state index contributed by atoms with van der Waals surface area (Å²) < 4.78 is 19.4. The van der Waals surface area contributed by atoms with E-state index in [1.807, 2.05) is 30.3 Å². The molecule has 0 bridgehead atoms. The van der Waals surface area contributed by atoms with Crippen LogP contribution in [0.25, 0.3) is 17.4 Å². The minimum Gasteiger partial charge on any atom is -0.457 e. The molecule has 4 rings (SSSR count). The van der Waals surface area contributed by atoms with Crippen LogP contribution < -0.4 is 0 Å². The van der Waals surface area contributed by atoms with Gasteiger partial charge < -0.3 is 4.42 Å². The Balaban J connectivity index is 1.53. The van der Waals surface area contributed by atoms with Gasteiger partial charge in [-0.3, -0.25) is 9.69 Å². The Labute approximate surface area is 165 Å². The third-order valence-corrected chi connectivity index (χ3v) is 5.46. The minimum atomic E-state index is -0.299. The second-order valence-corrected chi connectivity index (χ2v) is 7.64. The zero-order chi connectivity index (χ0) is 18.8. The average Bonchev–Trinajstić information content (AvgIpc) is 3.24. The van der Waals surface area contributed by atoms with Crippen molar-refractivity contribution in [1.29, 1.82) is 0 Å². The van der Waals surface area contributed by atoms with Gasteiger partial charge in [-0.1, -0.05) is 54.3 Å². The van der Waals surface area contributed by atoms with Gasteiger partial charge in [-0.2, -0.15) is 0 Å². The number of amides is 1. The third kappa shape index (κ3) is 3.86. The first-order valence-electron chi connectivity index (χ1n) is 8.25. The van der Waals surface area contributed by atoms with Crippen LogP contribution in [-0.4, -0.2) is 15.1 Å². The van der Waals surface area contributed by atoms with Crippen LogP contribution in [0.2, 0.25) is 0 Å². The lowest BCUT2D eigenvalue weighted by molar-refractivity contribution is -0.122. The number of carbonyl (C=O) groups excluding carboxylic acids is 1. The van der Waals surface area contributed by atoms with Crippen LogP contribution in [0.15, 0.2) is 76.1 Å². The Kier molecular flexibility index (Phi) is 4.92. The summed E-state index contributed by atoms with van der Waals surface area (Å²) in [5.74, 6) is 0.733. The largest absolute Gasteiger partial charge is 0.457 e. The molecule has 1 aliphatic heterocycles. The van der Waals surface area contributed by atoms with E-state index < -0.39 is 0 Å². The van der Waals surface area contributed by atoms with Crippen molar-refractivity contribution in [1.82, 2.24) is 4.90 Å². The number of nitrogens with zero attached hydrogens (tertiary/aromatic N) is 1. The van der Waals surface area contributed by atoms with Crippen LogP contribution in [0.3, 0.4) is 0 Å². The van der Waals surface area contributed by atoms with E-state index in [9.17, 15) is 9.18 Å². The molecule has 1 saturated heterocycles. The topological polar surface area (TPSA) is 33.5 Å². The van der Waals surface area contributed by atoms with Gasteiger partial charge in [-0.05, 0) is 42.0 Å². The van der Waals surface area contributed by atoms with Crippen molar-refractivity contribution < 1.29 is 13.6 Å². The molecule has 1 amide bonds. The van der Waals surface area contributed by atoms with Gasteiger partial charge in [0.15, 0.2) is 0 Å². The SMILES string of the molecule is O=C1/C(=C/c2ccc(-c3ccc(F)cc3)o2)SC(=S)N1Cc1ccccc1. The summed E-state index contributed by atoms with van der Waals surface area (Å²) in [5, 5.41) is 0. The molecular weight excluding hydrogens is 381 g/mol. The van der Waals surface area contributed by atoms with Crippen LogP contribution in [0, 0.1) is 5.82 Å². The molecule has 27 heavy (non-hydrogen) atoms. The van der Waals surface area contributed by atoms with Gasteiger partial charge in [0.2, 0.25) is 0 Å². The maximum Gasteiger partial charge on any atom is 0.266 e. The van der Waals surface area contributed by atoms with Crippen molar-refractivity contribution in [2.75, 3.05) is 0 Å². The number of halogens is 1. The van der Waals surface area contributed by atoms with Gasteiger partial charge in [-0.15, -0.1) is 0 Å². The number of hydrogen-bond acceptors (Lipinski definition) is 4. The summed E-state index contributed by atoms with van der Waals surface area (Å²) in [5.41, 5.74) is 1.79. The monoisotopic (exact) mass is 395 g/mol. The van der Waals surface area contributed by atoms with Crippen molar-refractivity contribution in [3.63, 3.8) is 0 Å². The molecule has 3 nitrogen and oxygen atoms in total. The Bertz CT molecular complexity index is 1030. The average molecular weight is 395 g/mol. The molecule has 134 valence electrons. The Morgan fingerprint density at radius 2 is 1.78 bits per heavy atom. The predicted molar refractivity (Wildman–Crippen MR) is 109 cm³/mol. The first kappa shape index (κ1) is 17.7. The molecule has 0 radical (unpaired) electrons. The van der Waals surface area contributed by atoms with E-state index in [1.54, 1.807) is 35.2 Å². The second-order valence-electron chi connectivity index (χ2n) is 5.96. The van der Waals surface area contributed by atoms with Crippen LogP contribution in [0.1, 0.15) is 11.3 Å². The summed E-state index contributed by atoms with van der Waals surface area (Å²) in [4.78, 5) is 14.8. The molecule has 1 aliphatic rings. The van der Waals surface area contributed by atoms with Gasteiger partial charge in [0.25, 0.3) is 5.91 Å². The fraction of sp³-hybridized carbons (Fsp3) is 0.0476. The number of rotatable bonds is 4. The summed E-state index contributed by atoms with van der Waals surface area (Å²) in [6, 6.07) is 19.4. The van der Waals surface area contributed by atoms with Crippen LogP contribution in [-0.2, 0) is 11.3 Å². The zero-order valence-electron chi connectivity index (χ0n) is 14.1. The standard InChI is InChI=1S/C21H14FNO2S2/c22-16-8-6-15(7-9-16)18-11-10-17(25-18)12-19-20(24)23(21(26)27-19)13-14-4-2-1-3-5-14/h1-12H,13H2/b19-12-. The molecule has 0 unspecified atom stereocenters. The number of thioether (sulfide) groups is 1. The fourth-order valence-electron chi connectivity index (χ4n) is 2.73. The van der Waals surface area contributed by atoms with E-state index in [-0.39, 0.29) is 11.7 Å². The predicted octanol–water partition coefficient (Wildman–Crippen LogP) is 5.49. The van der Waals surface area contributed by atoms with Crippen molar-refractivity contribution in [2.45, 2.75) is 6.54 Å². The molecule has 0 atom stereocenters. The molecule has 2 heterocycles. The number of thiocarbonyl (C=S) groups is 1. The maximum atomic E-state index is 13.1. The number of benzene rings is 2. The van der Waals surface area contributed by atoms with Crippen LogP contribution in [0.5, 0.6) is 0 Å².